The lowest BCUT2D eigenvalue weighted by Gasteiger charge is -2.19. The molecule has 0 atom stereocenters. The maximum atomic E-state index is 11.4. The number of carbonyl (C=O) groups is 1. The molecular weight excluding hydrogens is 248 g/mol. The molecule has 19 heavy (non-hydrogen) atoms. The zero-order valence-corrected chi connectivity index (χ0v) is 11.3. The van der Waals surface area contributed by atoms with Crippen molar-refractivity contribution in [2.24, 2.45) is 5.16 Å². The number of amides is 1. The van der Waals surface area contributed by atoms with Crippen molar-refractivity contribution in [2.45, 2.75) is 32.8 Å². The monoisotopic (exact) mass is 266 g/mol. The lowest BCUT2D eigenvalue weighted by atomic mass is 10.2. The van der Waals surface area contributed by atoms with Crippen molar-refractivity contribution in [1.29, 1.82) is 0 Å². The SMILES string of the molecule is CC(C)(C)OC(=O)NC/C(Cc1ccncn1)=N\O. The fourth-order valence-electron chi connectivity index (χ4n) is 1.25. The van der Waals surface area contributed by atoms with Gasteiger partial charge in [-0.15, -0.1) is 0 Å². The summed E-state index contributed by atoms with van der Waals surface area (Å²) in [5.74, 6) is 0. The highest BCUT2D eigenvalue weighted by Crippen LogP contribution is 2.06. The number of nitrogens with zero attached hydrogens (tertiary/aromatic N) is 3. The number of hydrogen-bond acceptors (Lipinski definition) is 6. The zero-order valence-electron chi connectivity index (χ0n) is 11.3. The predicted molar refractivity (Wildman–Crippen MR) is 69.2 cm³/mol. The topological polar surface area (TPSA) is 96.7 Å². The van der Waals surface area contributed by atoms with Crippen LogP contribution in [-0.2, 0) is 11.2 Å². The van der Waals surface area contributed by atoms with E-state index < -0.39 is 11.7 Å². The van der Waals surface area contributed by atoms with Crippen LogP contribution >= 0.6 is 0 Å². The molecule has 1 rings (SSSR count). The third kappa shape index (κ3) is 6.35. The van der Waals surface area contributed by atoms with Crippen molar-refractivity contribution in [3.63, 3.8) is 0 Å². The Balaban J connectivity index is 2.44. The van der Waals surface area contributed by atoms with Gasteiger partial charge < -0.3 is 15.3 Å². The summed E-state index contributed by atoms with van der Waals surface area (Å²) in [7, 11) is 0. The van der Waals surface area contributed by atoms with Crippen LogP contribution in [0.15, 0.2) is 23.7 Å². The number of oxime groups is 1. The van der Waals surface area contributed by atoms with Crippen LogP contribution in [0.25, 0.3) is 0 Å². The Bertz CT molecular complexity index is 440. The number of ether oxygens (including phenoxy) is 1. The van der Waals surface area contributed by atoms with Gasteiger partial charge in [-0.2, -0.15) is 0 Å². The van der Waals surface area contributed by atoms with Crippen LogP contribution in [0.1, 0.15) is 26.5 Å². The highest BCUT2D eigenvalue weighted by Gasteiger charge is 2.16. The minimum atomic E-state index is -0.562. The molecule has 0 saturated heterocycles. The third-order valence-electron chi connectivity index (χ3n) is 2.01. The van der Waals surface area contributed by atoms with Gasteiger partial charge in [-0.25, -0.2) is 14.8 Å². The van der Waals surface area contributed by atoms with Gasteiger partial charge in [-0.3, -0.25) is 0 Å². The minimum Gasteiger partial charge on any atom is -0.444 e. The van der Waals surface area contributed by atoms with Gasteiger partial charge in [-0.05, 0) is 26.8 Å². The summed E-state index contributed by atoms with van der Waals surface area (Å²) in [5.41, 5.74) is 0.520. The minimum absolute atomic E-state index is 0.0927. The second kappa shape index (κ2) is 6.67. The number of carbonyl (C=O) groups excluding carboxylic acids is 1. The smallest absolute Gasteiger partial charge is 0.407 e. The van der Waals surface area contributed by atoms with Gasteiger partial charge in [-0.1, -0.05) is 5.16 Å². The summed E-state index contributed by atoms with van der Waals surface area (Å²) in [6, 6.07) is 1.71. The predicted octanol–water partition coefficient (Wildman–Crippen LogP) is 1.37. The molecular formula is C12H18N4O3. The van der Waals surface area contributed by atoms with E-state index >= 15 is 0 Å². The van der Waals surface area contributed by atoms with Gasteiger partial charge in [0.2, 0.25) is 0 Å². The Morgan fingerprint density at radius 1 is 1.53 bits per heavy atom. The molecule has 1 amide bonds. The lowest BCUT2D eigenvalue weighted by Crippen LogP contribution is -2.36. The highest BCUT2D eigenvalue weighted by atomic mass is 16.6. The van der Waals surface area contributed by atoms with E-state index in [-0.39, 0.29) is 6.54 Å². The summed E-state index contributed by atoms with van der Waals surface area (Å²) < 4.78 is 5.07. The van der Waals surface area contributed by atoms with Crippen LogP contribution in [-0.4, -0.2) is 39.1 Å². The molecule has 1 aromatic rings. The summed E-state index contributed by atoms with van der Waals surface area (Å²) >= 11 is 0. The lowest BCUT2D eigenvalue weighted by molar-refractivity contribution is 0.0535. The Hall–Kier alpha value is -2.18. The Kier molecular flexibility index (Phi) is 5.23. The van der Waals surface area contributed by atoms with Crippen molar-refractivity contribution in [1.82, 2.24) is 15.3 Å². The summed E-state index contributed by atoms with van der Waals surface area (Å²) in [4.78, 5) is 19.2. The summed E-state index contributed by atoms with van der Waals surface area (Å²) in [5, 5.41) is 14.5. The normalized spacial score (nSPS) is 12.1. The van der Waals surface area contributed by atoms with Crippen molar-refractivity contribution in [3.05, 3.63) is 24.3 Å². The van der Waals surface area contributed by atoms with E-state index in [0.29, 0.717) is 17.8 Å². The molecule has 7 heteroatoms. The quantitative estimate of drug-likeness (QED) is 0.487. The maximum absolute atomic E-state index is 11.4. The van der Waals surface area contributed by atoms with Crippen molar-refractivity contribution < 1.29 is 14.7 Å². The van der Waals surface area contributed by atoms with Crippen molar-refractivity contribution in [2.75, 3.05) is 6.54 Å². The number of aromatic nitrogens is 2. The third-order valence-corrected chi connectivity index (χ3v) is 2.01. The first-order valence-electron chi connectivity index (χ1n) is 5.82. The number of nitrogens with one attached hydrogen (secondary N) is 1. The molecule has 0 spiro atoms. The molecule has 104 valence electrons. The van der Waals surface area contributed by atoms with E-state index in [1.54, 1.807) is 33.0 Å². The van der Waals surface area contributed by atoms with Crippen LogP contribution in [0.3, 0.4) is 0 Å². The Morgan fingerprint density at radius 3 is 2.79 bits per heavy atom. The van der Waals surface area contributed by atoms with Crippen LogP contribution in [0, 0.1) is 0 Å². The Morgan fingerprint density at radius 2 is 2.26 bits per heavy atom. The van der Waals surface area contributed by atoms with Crippen LogP contribution < -0.4 is 5.32 Å². The molecule has 0 saturated carbocycles. The average Bonchev–Trinajstić information content (AvgIpc) is 2.33. The molecule has 0 aliphatic carbocycles. The van der Waals surface area contributed by atoms with E-state index in [9.17, 15) is 4.79 Å². The van der Waals surface area contributed by atoms with Crippen LogP contribution in [0.2, 0.25) is 0 Å². The van der Waals surface area contributed by atoms with Gasteiger partial charge in [0.05, 0.1) is 12.3 Å². The van der Waals surface area contributed by atoms with Crippen molar-refractivity contribution >= 4 is 11.8 Å². The zero-order chi connectivity index (χ0) is 14.3. The first kappa shape index (κ1) is 14.9. The first-order chi connectivity index (χ1) is 8.90. The van der Waals surface area contributed by atoms with Gasteiger partial charge in [0.15, 0.2) is 0 Å². The molecule has 1 heterocycles. The van der Waals surface area contributed by atoms with E-state index in [1.165, 1.54) is 6.33 Å². The molecule has 0 aromatic carbocycles. The summed E-state index contributed by atoms with van der Waals surface area (Å²) in [6.07, 6.45) is 2.77. The van der Waals surface area contributed by atoms with E-state index in [4.69, 9.17) is 9.94 Å². The first-order valence-corrected chi connectivity index (χ1v) is 5.82. The van der Waals surface area contributed by atoms with Gasteiger partial charge >= 0.3 is 6.09 Å². The molecule has 1 aromatic heterocycles. The average molecular weight is 266 g/mol. The van der Waals surface area contributed by atoms with Gasteiger partial charge in [0.25, 0.3) is 0 Å². The summed E-state index contributed by atoms with van der Waals surface area (Å²) in [6.45, 7) is 5.41. The van der Waals surface area contributed by atoms with Crippen molar-refractivity contribution in [3.8, 4) is 0 Å². The molecule has 0 radical (unpaired) electrons. The molecule has 0 aliphatic heterocycles. The van der Waals surface area contributed by atoms with E-state index in [1.807, 2.05) is 0 Å². The van der Waals surface area contributed by atoms with Crippen LogP contribution in [0.5, 0.6) is 0 Å². The Labute approximate surface area is 111 Å². The molecule has 7 nitrogen and oxygen atoms in total. The van der Waals surface area contributed by atoms with Crippen LogP contribution in [0.4, 0.5) is 4.79 Å². The molecule has 0 fully saturated rings. The second-order valence-electron chi connectivity index (χ2n) is 4.90. The molecule has 0 aliphatic rings. The molecule has 0 bridgehead atoms. The van der Waals surface area contributed by atoms with E-state index in [0.717, 1.165) is 0 Å². The number of alkyl carbamates (subject to hydrolysis) is 1. The maximum Gasteiger partial charge on any atom is 0.407 e. The largest absolute Gasteiger partial charge is 0.444 e. The number of rotatable bonds is 4. The fraction of sp³-hybridized carbons (Fsp3) is 0.500. The van der Waals surface area contributed by atoms with Gasteiger partial charge in [0, 0.05) is 18.3 Å². The molecule has 0 unspecified atom stereocenters. The molecule has 2 N–H and O–H groups in total. The van der Waals surface area contributed by atoms with Gasteiger partial charge in [0.1, 0.15) is 11.9 Å². The number of hydrogen-bond donors (Lipinski definition) is 2. The van der Waals surface area contributed by atoms with E-state index in [2.05, 4.69) is 20.4 Å². The highest BCUT2D eigenvalue weighted by molar-refractivity contribution is 5.89. The second-order valence-corrected chi connectivity index (χ2v) is 4.90. The standard InChI is InChI=1S/C12H18N4O3/c1-12(2,3)19-11(17)14-7-10(16-18)6-9-4-5-13-8-15-9/h4-5,8,18H,6-7H2,1-3H3,(H,14,17)/b16-10-. The fourth-order valence-corrected chi connectivity index (χ4v) is 1.25.